The molecule has 1 aliphatic rings. The zero-order valence-electron chi connectivity index (χ0n) is 9.00. The number of nitrogens with one attached hydrogen (secondary N) is 2. The van der Waals surface area contributed by atoms with Crippen molar-refractivity contribution < 1.29 is 4.79 Å². The van der Waals surface area contributed by atoms with Crippen molar-refractivity contribution in [2.24, 2.45) is 5.73 Å². The van der Waals surface area contributed by atoms with Crippen LogP contribution in [-0.4, -0.2) is 23.5 Å². The van der Waals surface area contributed by atoms with Crippen LogP contribution < -0.4 is 16.4 Å². The van der Waals surface area contributed by atoms with Gasteiger partial charge in [0.1, 0.15) is 4.99 Å². The Morgan fingerprint density at radius 2 is 2.35 bits per heavy atom. The lowest BCUT2D eigenvalue weighted by molar-refractivity contribution is -0.119. The van der Waals surface area contributed by atoms with Gasteiger partial charge in [0.05, 0.1) is 11.1 Å². The highest BCUT2D eigenvalue weighted by Gasteiger charge is 2.21. The van der Waals surface area contributed by atoms with Gasteiger partial charge in [-0.05, 0) is 18.2 Å². The molecule has 17 heavy (non-hydrogen) atoms. The summed E-state index contributed by atoms with van der Waals surface area (Å²) in [6, 6.07) is 5.49. The highest BCUT2D eigenvalue weighted by Crippen LogP contribution is 2.22. The Bertz CT molecular complexity index is 478. The van der Waals surface area contributed by atoms with E-state index in [4.69, 9.17) is 29.6 Å². The molecule has 2 rings (SSSR count). The number of thiocarbonyl (C=S) groups is 1. The number of nitrogens with two attached hydrogens (primary N) is 1. The summed E-state index contributed by atoms with van der Waals surface area (Å²) in [4.78, 5) is 11.3. The first-order valence-corrected chi connectivity index (χ1v) is 5.97. The van der Waals surface area contributed by atoms with Crippen molar-refractivity contribution in [1.29, 1.82) is 0 Å². The van der Waals surface area contributed by atoms with Crippen molar-refractivity contribution in [2.75, 3.05) is 11.9 Å². The van der Waals surface area contributed by atoms with E-state index in [-0.39, 0.29) is 16.9 Å². The molecule has 1 aliphatic heterocycles. The van der Waals surface area contributed by atoms with Gasteiger partial charge >= 0.3 is 0 Å². The van der Waals surface area contributed by atoms with E-state index in [2.05, 4.69) is 10.6 Å². The molecular weight excluding hydrogens is 258 g/mol. The third kappa shape index (κ3) is 2.87. The summed E-state index contributed by atoms with van der Waals surface area (Å²) < 4.78 is 0. The van der Waals surface area contributed by atoms with Gasteiger partial charge in [-0.2, -0.15) is 0 Å². The maximum Gasteiger partial charge on any atom is 0.222 e. The molecule has 1 aromatic carbocycles. The molecule has 0 aliphatic carbocycles. The van der Waals surface area contributed by atoms with Gasteiger partial charge in [0, 0.05) is 24.2 Å². The SMILES string of the molecule is NC(=S)c1ccc(NC2CNC(=O)C2)cc1Cl. The van der Waals surface area contributed by atoms with Crippen molar-refractivity contribution in [2.45, 2.75) is 12.5 Å². The van der Waals surface area contributed by atoms with E-state index in [1.54, 1.807) is 12.1 Å². The van der Waals surface area contributed by atoms with Crippen LogP contribution in [0.3, 0.4) is 0 Å². The van der Waals surface area contributed by atoms with E-state index in [1.165, 1.54) is 0 Å². The molecule has 1 heterocycles. The lowest BCUT2D eigenvalue weighted by Crippen LogP contribution is -2.22. The summed E-state index contributed by atoms with van der Waals surface area (Å²) in [6.07, 6.45) is 0.481. The van der Waals surface area contributed by atoms with Crippen LogP contribution in [0.15, 0.2) is 18.2 Å². The van der Waals surface area contributed by atoms with E-state index in [0.29, 0.717) is 23.6 Å². The molecule has 1 fully saturated rings. The van der Waals surface area contributed by atoms with Gasteiger partial charge in [0.2, 0.25) is 5.91 Å². The summed E-state index contributed by atoms with van der Waals surface area (Å²) in [6.45, 7) is 0.632. The lowest BCUT2D eigenvalue weighted by atomic mass is 10.2. The molecule has 1 unspecified atom stereocenters. The highest BCUT2D eigenvalue weighted by atomic mass is 35.5. The number of hydrogen-bond donors (Lipinski definition) is 3. The topological polar surface area (TPSA) is 67.2 Å². The summed E-state index contributed by atoms with van der Waals surface area (Å²) in [5, 5.41) is 6.50. The minimum atomic E-state index is 0.0633. The van der Waals surface area contributed by atoms with Crippen LogP contribution in [0, 0.1) is 0 Å². The number of carbonyl (C=O) groups is 1. The second kappa shape index (κ2) is 4.89. The molecule has 0 radical (unpaired) electrons. The average molecular weight is 270 g/mol. The van der Waals surface area contributed by atoms with Gasteiger partial charge in [-0.15, -0.1) is 0 Å². The molecule has 1 amide bonds. The van der Waals surface area contributed by atoms with Crippen LogP contribution >= 0.6 is 23.8 Å². The third-order valence-corrected chi connectivity index (χ3v) is 3.12. The van der Waals surface area contributed by atoms with Crippen molar-refractivity contribution in [3.63, 3.8) is 0 Å². The summed E-state index contributed by atoms with van der Waals surface area (Å²) >= 11 is 10.9. The molecule has 1 aromatic rings. The molecule has 6 heteroatoms. The molecular formula is C11H12ClN3OS. The maximum atomic E-state index is 11.0. The molecule has 0 saturated carbocycles. The number of amides is 1. The molecule has 4 nitrogen and oxygen atoms in total. The number of carbonyl (C=O) groups excluding carboxylic acids is 1. The van der Waals surface area contributed by atoms with Gasteiger partial charge in [-0.3, -0.25) is 4.79 Å². The summed E-state index contributed by atoms with van der Waals surface area (Å²) in [5.74, 6) is 0.0633. The van der Waals surface area contributed by atoms with Crippen molar-refractivity contribution in [3.05, 3.63) is 28.8 Å². The van der Waals surface area contributed by atoms with Gasteiger partial charge in [-0.1, -0.05) is 23.8 Å². The monoisotopic (exact) mass is 269 g/mol. The molecule has 0 spiro atoms. The maximum absolute atomic E-state index is 11.0. The summed E-state index contributed by atoms with van der Waals surface area (Å²) in [7, 11) is 0. The Morgan fingerprint density at radius 1 is 1.59 bits per heavy atom. The van der Waals surface area contributed by atoms with Crippen molar-refractivity contribution in [3.8, 4) is 0 Å². The van der Waals surface area contributed by atoms with Gasteiger partial charge in [-0.25, -0.2) is 0 Å². The van der Waals surface area contributed by atoms with Crippen LogP contribution in [0.25, 0.3) is 0 Å². The van der Waals surface area contributed by atoms with Gasteiger partial charge in [0.25, 0.3) is 0 Å². The van der Waals surface area contributed by atoms with E-state index < -0.39 is 0 Å². The number of halogens is 1. The Kier molecular flexibility index (Phi) is 3.49. The van der Waals surface area contributed by atoms with Crippen LogP contribution in [0.4, 0.5) is 5.69 Å². The average Bonchev–Trinajstić information content (AvgIpc) is 2.63. The molecule has 0 bridgehead atoms. The van der Waals surface area contributed by atoms with Gasteiger partial charge in [0.15, 0.2) is 0 Å². The largest absolute Gasteiger partial charge is 0.389 e. The zero-order valence-corrected chi connectivity index (χ0v) is 10.6. The predicted octanol–water partition coefficient (Wildman–Crippen LogP) is 1.27. The van der Waals surface area contributed by atoms with E-state index >= 15 is 0 Å². The van der Waals surface area contributed by atoms with Crippen LogP contribution in [0.5, 0.6) is 0 Å². The van der Waals surface area contributed by atoms with Gasteiger partial charge < -0.3 is 16.4 Å². The Hall–Kier alpha value is -1.33. The number of benzene rings is 1. The number of anilines is 1. The van der Waals surface area contributed by atoms with E-state index in [9.17, 15) is 4.79 Å². The predicted molar refractivity (Wildman–Crippen MR) is 72.4 cm³/mol. The minimum Gasteiger partial charge on any atom is -0.389 e. The van der Waals surface area contributed by atoms with E-state index in [1.807, 2.05) is 6.07 Å². The fourth-order valence-corrected chi connectivity index (χ4v) is 2.26. The first-order chi connectivity index (χ1) is 8.06. The number of hydrogen-bond acceptors (Lipinski definition) is 3. The highest BCUT2D eigenvalue weighted by molar-refractivity contribution is 7.80. The van der Waals surface area contributed by atoms with Crippen LogP contribution in [-0.2, 0) is 4.79 Å². The quantitative estimate of drug-likeness (QED) is 0.723. The molecule has 4 N–H and O–H groups in total. The van der Waals surface area contributed by atoms with Crippen LogP contribution in [0.1, 0.15) is 12.0 Å². The first kappa shape index (κ1) is 12.1. The second-order valence-corrected chi connectivity index (χ2v) is 4.76. The third-order valence-electron chi connectivity index (χ3n) is 2.58. The second-order valence-electron chi connectivity index (χ2n) is 3.91. The number of rotatable bonds is 3. The fourth-order valence-electron chi connectivity index (χ4n) is 1.75. The van der Waals surface area contributed by atoms with Crippen molar-refractivity contribution >= 4 is 40.4 Å². The van der Waals surface area contributed by atoms with Crippen molar-refractivity contribution in [1.82, 2.24) is 5.32 Å². The zero-order chi connectivity index (χ0) is 12.4. The normalized spacial score (nSPS) is 18.9. The summed E-state index contributed by atoms with van der Waals surface area (Å²) in [5.41, 5.74) is 7.04. The Labute approximate surface area is 110 Å². The molecule has 1 atom stereocenters. The first-order valence-electron chi connectivity index (χ1n) is 5.19. The fraction of sp³-hybridized carbons (Fsp3) is 0.273. The van der Waals surface area contributed by atoms with E-state index in [0.717, 1.165) is 5.69 Å². The smallest absolute Gasteiger partial charge is 0.222 e. The lowest BCUT2D eigenvalue weighted by Gasteiger charge is -2.13. The molecule has 1 saturated heterocycles. The molecule has 90 valence electrons. The minimum absolute atomic E-state index is 0.0633. The Morgan fingerprint density at radius 3 is 2.88 bits per heavy atom. The standard InChI is InChI=1S/C11H12ClN3OS/c12-9-3-6(1-2-8(9)11(13)17)15-7-4-10(16)14-5-7/h1-3,7,15H,4-5H2,(H2,13,17)(H,14,16). The Balaban J connectivity index is 2.10. The molecule has 0 aromatic heterocycles. The van der Waals surface area contributed by atoms with Crippen LogP contribution in [0.2, 0.25) is 5.02 Å².